The second-order valence-corrected chi connectivity index (χ2v) is 6.53. The van der Waals surface area contributed by atoms with Crippen LogP contribution in [0, 0.1) is 0 Å². The fraction of sp³-hybridized carbons (Fsp3) is 0.389. The molecule has 2 N–H and O–H groups in total. The average molecular weight is 340 g/mol. The number of nitrogens with zero attached hydrogens (tertiary/aromatic N) is 2. The molecular formula is C18H20N4O3. The number of aromatic nitrogens is 1. The summed E-state index contributed by atoms with van der Waals surface area (Å²) in [5.74, 6) is 0.153. The van der Waals surface area contributed by atoms with Gasteiger partial charge in [-0.1, -0.05) is 18.2 Å². The number of nitrogens with one attached hydrogen (secondary N) is 2. The van der Waals surface area contributed by atoms with E-state index >= 15 is 0 Å². The third kappa shape index (κ3) is 3.99. The zero-order valence-electron chi connectivity index (χ0n) is 13.8. The highest BCUT2D eigenvalue weighted by molar-refractivity contribution is 5.92. The van der Waals surface area contributed by atoms with Crippen LogP contribution in [0.15, 0.2) is 41.0 Å². The summed E-state index contributed by atoms with van der Waals surface area (Å²) < 4.78 is 5.40. The van der Waals surface area contributed by atoms with Crippen molar-refractivity contribution in [3.63, 3.8) is 0 Å². The van der Waals surface area contributed by atoms with Gasteiger partial charge in [-0.25, -0.2) is 9.78 Å². The van der Waals surface area contributed by atoms with Crippen LogP contribution in [0.25, 0.3) is 0 Å². The van der Waals surface area contributed by atoms with Crippen LogP contribution in [0.1, 0.15) is 42.1 Å². The van der Waals surface area contributed by atoms with Crippen LogP contribution in [-0.4, -0.2) is 33.9 Å². The van der Waals surface area contributed by atoms with Gasteiger partial charge in [0.15, 0.2) is 5.69 Å². The predicted octanol–water partition coefficient (Wildman–Crippen LogP) is 2.76. The van der Waals surface area contributed by atoms with Gasteiger partial charge in [0.05, 0.1) is 6.54 Å². The first-order chi connectivity index (χ1) is 12.2. The van der Waals surface area contributed by atoms with Crippen molar-refractivity contribution in [3.05, 3.63) is 48.2 Å². The molecule has 2 aliphatic carbocycles. The quantitative estimate of drug-likeness (QED) is 0.846. The van der Waals surface area contributed by atoms with Crippen molar-refractivity contribution in [3.8, 4) is 0 Å². The summed E-state index contributed by atoms with van der Waals surface area (Å²) in [6.07, 6.45) is 5.33. The highest BCUT2D eigenvalue weighted by Gasteiger charge is 2.34. The first-order valence-electron chi connectivity index (χ1n) is 8.57. The second-order valence-electron chi connectivity index (χ2n) is 6.53. The maximum Gasteiger partial charge on any atom is 0.322 e. The molecule has 1 aromatic carbocycles. The zero-order chi connectivity index (χ0) is 17.2. The number of anilines is 1. The molecule has 0 saturated heterocycles. The van der Waals surface area contributed by atoms with E-state index in [1.807, 2.05) is 30.3 Å². The third-order valence-corrected chi connectivity index (χ3v) is 4.28. The molecule has 7 nitrogen and oxygen atoms in total. The van der Waals surface area contributed by atoms with Gasteiger partial charge in [-0.2, -0.15) is 0 Å². The Kier molecular flexibility index (Phi) is 4.13. The average Bonchev–Trinajstić information content (AvgIpc) is 3.54. The number of para-hydroxylation sites is 1. The summed E-state index contributed by atoms with van der Waals surface area (Å²) in [5.41, 5.74) is 1.01. The lowest BCUT2D eigenvalue weighted by atomic mass is 10.3. The molecule has 0 unspecified atom stereocenters. The molecule has 0 bridgehead atoms. The van der Waals surface area contributed by atoms with Gasteiger partial charge in [-0.15, -0.1) is 0 Å². The monoisotopic (exact) mass is 340 g/mol. The maximum absolute atomic E-state index is 12.6. The van der Waals surface area contributed by atoms with Crippen LogP contribution in [0.3, 0.4) is 0 Å². The van der Waals surface area contributed by atoms with Gasteiger partial charge in [0.1, 0.15) is 6.26 Å². The Hall–Kier alpha value is -2.83. The summed E-state index contributed by atoms with van der Waals surface area (Å²) >= 11 is 0. The molecule has 3 amide bonds. The van der Waals surface area contributed by atoms with E-state index in [4.69, 9.17) is 4.42 Å². The lowest BCUT2D eigenvalue weighted by molar-refractivity contribution is 0.0946. The van der Waals surface area contributed by atoms with E-state index < -0.39 is 0 Å². The lowest BCUT2D eigenvalue weighted by Gasteiger charge is -2.21. The highest BCUT2D eigenvalue weighted by atomic mass is 16.3. The summed E-state index contributed by atoms with van der Waals surface area (Å²) in [4.78, 5) is 30.5. The molecule has 7 heteroatoms. The number of oxazole rings is 1. The van der Waals surface area contributed by atoms with Gasteiger partial charge in [0.2, 0.25) is 5.89 Å². The number of urea groups is 1. The molecule has 2 aromatic rings. The number of benzene rings is 1. The van der Waals surface area contributed by atoms with Crippen molar-refractivity contribution in [1.82, 2.24) is 15.2 Å². The Morgan fingerprint density at radius 2 is 1.92 bits per heavy atom. The molecule has 130 valence electrons. The van der Waals surface area contributed by atoms with Crippen molar-refractivity contribution in [1.29, 1.82) is 0 Å². The van der Waals surface area contributed by atoms with Gasteiger partial charge >= 0.3 is 6.03 Å². The zero-order valence-corrected chi connectivity index (χ0v) is 13.8. The predicted molar refractivity (Wildman–Crippen MR) is 91.0 cm³/mol. The normalized spacial score (nSPS) is 16.3. The van der Waals surface area contributed by atoms with Gasteiger partial charge < -0.3 is 20.0 Å². The molecule has 0 radical (unpaired) electrons. The Balaban J connectivity index is 1.40. The number of hydrogen-bond donors (Lipinski definition) is 2. The second kappa shape index (κ2) is 6.58. The fourth-order valence-corrected chi connectivity index (χ4v) is 2.59. The van der Waals surface area contributed by atoms with E-state index in [0.29, 0.717) is 5.89 Å². The Morgan fingerprint density at radius 3 is 2.60 bits per heavy atom. The van der Waals surface area contributed by atoms with Crippen LogP contribution < -0.4 is 10.6 Å². The van der Waals surface area contributed by atoms with E-state index in [0.717, 1.165) is 31.4 Å². The highest BCUT2D eigenvalue weighted by Crippen LogP contribution is 2.29. The summed E-state index contributed by atoms with van der Waals surface area (Å²) in [5, 5.41) is 5.76. The molecule has 0 atom stereocenters. The van der Waals surface area contributed by atoms with E-state index in [2.05, 4.69) is 15.6 Å². The molecule has 1 heterocycles. The minimum absolute atomic E-state index is 0.184. The molecule has 2 aliphatic rings. The van der Waals surface area contributed by atoms with E-state index in [-0.39, 0.29) is 36.3 Å². The van der Waals surface area contributed by atoms with Crippen LogP contribution in [-0.2, 0) is 6.54 Å². The minimum Gasteiger partial charge on any atom is -0.446 e. The van der Waals surface area contributed by atoms with Crippen molar-refractivity contribution in [2.45, 2.75) is 44.3 Å². The van der Waals surface area contributed by atoms with Crippen LogP contribution in [0.4, 0.5) is 10.5 Å². The molecular weight excluding hydrogens is 320 g/mol. The van der Waals surface area contributed by atoms with Gasteiger partial charge in [-0.3, -0.25) is 4.79 Å². The standard InChI is InChI=1S/C18H20N4O3/c23-17(19-13-6-7-13)15-11-25-16(21-15)10-22(14-8-9-14)18(24)20-12-4-2-1-3-5-12/h1-5,11,13-14H,6-10H2,(H,19,23)(H,20,24). The van der Waals surface area contributed by atoms with Crippen molar-refractivity contribution >= 4 is 17.6 Å². The number of carbonyl (C=O) groups is 2. The Labute approximate surface area is 145 Å². The topological polar surface area (TPSA) is 87.5 Å². The van der Waals surface area contributed by atoms with Gasteiger partial charge in [-0.05, 0) is 37.8 Å². The van der Waals surface area contributed by atoms with Crippen LogP contribution in [0.5, 0.6) is 0 Å². The number of hydrogen-bond acceptors (Lipinski definition) is 4. The van der Waals surface area contributed by atoms with E-state index in [9.17, 15) is 9.59 Å². The molecule has 2 fully saturated rings. The van der Waals surface area contributed by atoms with Crippen molar-refractivity contribution < 1.29 is 14.0 Å². The minimum atomic E-state index is -0.218. The van der Waals surface area contributed by atoms with Crippen molar-refractivity contribution in [2.24, 2.45) is 0 Å². The molecule has 0 spiro atoms. The lowest BCUT2D eigenvalue weighted by Crippen LogP contribution is -2.36. The molecule has 25 heavy (non-hydrogen) atoms. The number of amides is 3. The summed E-state index contributed by atoms with van der Waals surface area (Å²) in [6.45, 7) is 0.250. The van der Waals surface area contributed by atoms with Gasteiger partial charge in [0.25, 0.3) is 5.91 Å². The maximum atomic E-state index is 12.6. The van der Waals surface area contributed by atoms with Gasteiger partial charge in [0, 0.05) is 17.8 Å². The Bertz CT molecular complexity index is 766. The van der Waals surface area contributed by atoms with Crippen molar-refractivity contribution in [2.75, 3.05) is 5.32 Å². The van der Waals surface area contributed by atoms with Crippen LogP contribution in [0.2, 0.25) is 0 Å². The molecule has 4 rings (SSSR count). The molecule has 2 saturated carbocycles. The van der Waals surface area contributed by atoms with E-state index in [1.165, 1.54) is 6.26 Å². The molecule has 0 aliphatic heterocycles. The summed E-state index contributed by atoms with van der Waals surface area (Å²) in [7, 11) is 0. The Morgan fingerprint density at radius 1 is 1.16 bits per heavy atom. The smallest absolute Gasteiger partial charge is 0.322 e. The van der Waals surface area contributed by atoms with E-state index in [1.54, 1.807) is 4.90 Å². The SMILES string of the molecule is O=C(NC1CC1)c1coc(CN(C(=O)Nc2ccccc2)C2CC2)n1. The first kappa shape index (κ1) is 15.7. The van der Waals surface area contributed by atoms with Crippen LogP contribution >= 0.6 is 0 Å². The fourth-order valence-electron chi connectivity index (χ4n) is 2.59. The third-order valence-electron chi connectivity index (χ3n) is 4.28. The number of carbonyl (C=O) groups excluding carboxylic acids is 2. The largest absolute Gasteiger partial charge is 0.446 e. The number of rotatable bonds is 6. The summed E-state index contributed by atoms with van der Waals surface area (Å²) in [6, 6.07) is 9.60. The molecule has 1 aromatic heterocycles. The first-order valence-corrected chi connectivity index (χ1v) is 8.57.